The maximum atomic E-state index is 14.2. The molecular weight excluding hydrogens is 417 g/mol. The molecule has 2 aliphatic heterocycles. The Hall–Kier alpha value is -3.71. The standard InChI is InChI=1S/C23H15ClFN5O/c24-15-6-7-18-17(10-15)20-19(22(31-18)13-3-1-5-16(25)9-13)21(14-4-2-8-26-11-14)30-23(29-20)27-12-28-30/h1-12,21-22H,(H,27,28,29)/t21-,22-/m0/s1. The molecule has 0 saturated heterocycles. The van der Waals surface area contributed by atoms with E-state index >= 15 is 0 Å². The lowest BCUT2D eigenvalue weighted by Gasteiger charge is -2.38. The molecular formula is C23H15ClFN5O. The Kier molecular flexibility index (Phi) is 4.04. The van der Waals surface area contributed by atoms with Gasteiger partial charge >= 0.3 is 0 Å². The Balaban J connectivity index is 1.65. The monoisotopic (exact) mass is 431 g/mol. The van der Waals surface area contributed by atoms with Crippen LogP contribution in [0.15, 0.2) is 78.9 Å². The SMILES string of the molecule is Fc1cccc([C@@H]2Oc3ccc(Cl)cc3C3=C2[C@H](c2cccnc2)n2ncnc2N3)c1. The summed E-state index contributed by atoms with van der Waals surface area (Å²) < 4.78 is 22.4. The average Bonchev–Trinajstić information content (AvgIpc) is 3.26. The zero-order chi connectivity index (χ0) is 20.9. The number of ether oxygens (including phenoxy) is 1. The largest absolute Gasteiger partial charge is 0.480 e. The third-order valence-electron chi connectivity index (χ3n) is 5.53. The van der Waals surface area contributed by atoms with Crippen molar-refractivity contribution < 1.29 is 9.13 Å². The van der Waals surface area contributed by atoms with Crippen molar-refractivity contribution in [2.45, 2.75) is 12.1 Å². The third kappa shape index (κ3) is 2.89. The van der Waals surface area contributed by atoms with Gasteiger partial charge in [-0.3, -0.25) is 4.98 Å². The second-order valence-electron chi connectivity index (χ2n) is 7.37. The highest BCUT2D eigenvalue weighted by molar-refractivity contribution is 6.30. The molecule has 2 atom stereocenters. The fraction of sp³-hybridized carbons (Fsp3) is 0.0870. The van der Waals surface area contributed by atoms with E-state index in [-0.39, 0.29) is 11.9 Å². The highest BCUT2D eigenvalue weighted by Gasteiger charge is 2.41. The van der Waals surface area contributed by atoms with Crippen molar-refractivity contribution in [1.29, 1.82) is 0 Å². The predicted octanol–water partition coefficient (Wildman–Crippen LogP) is 5.03. The molecule has 0 aliphatic carbocycles. The maximum Gasteiger partial charge on any atom is 0.226 e. The minimum absolute atomic E-state index is 0.326. The summed E-state index contributed by atoms with van der Waals surface area (Å²) in [5, 5.41) is 8.43. The molecule has 4 heterocycles. The van der Waals surface area contributed by atoms with Crippen LogP contribution in [0.4, 0.5) is 10.3 Å². The molecule has 0 spiro atoms. The Morgan fingerprint density at radius 1 is 1.06 bits per heavy atom. The van der Waals surface area contributed by atoms with E-state index < -0.39 is 6.10 Å². The average molecular weight is 432 g/mol. The number of benzene rings is 2. The molecule has 152 valence electrons. The first-order valence-electron chi connectivity index (χ1n) is 9.71. The quantitative estimate of drug-likeness (QED) is 0.482. The van der Waals surface area contributed by atoms with Crippen LogP contribution in [0.1, 0.15) is 28.8 Å². The van der Waals surface area contributed by atoms with Crippen LogP contribution >= 0.6 is 11.6 Å². The van der Waals surface area contributed by atoms with Crippen LogP contribution in [-0.2, 0) is 0 Å². The van der Waals surface area contributed by atoms with Gasteiger partial charge in [-0.1, -0.05) is 29.8 Å². The normalized spacial score (nSPS) is 19.0. The van der Waals surface area contributed by atoms with Crippen LogP contribution in [0, 0.1) is 5.82 Å². The molecule has 8 heteroatoms. The minimum atomic E-state index is -0.547. The molecule has 2 aromatic carbocycles. The van der Waals surface area contributed by atoms with E-state index in [9.17, 15) is 4.39 Å². The van der Waals surface area contributed by atoms with Gasteiger partial charge in [0.1, 0.15) is 30.0 Å². The van der Waals surface area contributed by atoms with Crippen molar-refractivity contribution in [1.82, 2.24) is 19.7 Å². The van der Waals surface area contributed by atoms with Gasteiger partial charge in [0.25, 0.3) is 0 Å². The molecule has 31 heavy (non-hydrogen) atoms. The van der Waals surface area contributed by atoms with Gasteiger partial charge in [0.15, 0.2) is 0 Å². The van der Waals surface area contributed by atoms with E-state index in [1.54, 1.807) is 29.2 Å². The summed E-state index contributed by atoms with van der Waals surface area (Å²) in [6, 6.07) is 15.4. The molecule has 4 aromatic rings. The molecule has 6 rings (SSSR count). The summed E-state index contributed by atoms with van der Waals surface area (Å²) in [6.45, 7) is 0. The Bertz CT molecular complexity index is 1340. The molecule has 6 nitrogen and oxygen atoms in total. The van der Waals surface area contributed by atoms with Crippen LogP contribution in [0.5, 0.6) is 5.75 Å². The van der Waals surface area contributed by atoms with Crippen molar-refractivity contribution in [3.63, 3.8) is 0 Å². The Morgan fingerprint density at radius 2 is 1.97 bits per heavy atom. The van der Waals surface area contributed by atoms with Crippen molar-refractivity contribution in [3.05, 3.63) is 106 Å². The van der Waals surface area contributed by atoms with E-state index in [4.69, 9.17) is 16.3 Å². The summed E-state index contributed by atoms with van der Waals surface area (Å²) >= 11 is 6.32. The molecule has 2 aliphatic rings. The van der Waals surface area contributed by atoms with Gasteiger partial charge in [0.2, 0.25) is 5.95 Å². The summed E-state index contributed by atoms with van der Waals surface area (Å²) in [5.41, 5.74) is 4.14. The number of hydrogen-bond donors (Lipinski definition) is 1. The van der Waals surface area contributed by atoms with Gasteiger partial charge in [0, 0.05) is 28.6 Å². The van der Waals surface area contributed by atoms with Gasteiger partial charge in [-0.2, -0.15) is 10.1 Å². The van der Waals surface area contributed by atoms with Gasteiger partial charge in [-0.05, 0) is 47.5 Å². The highest BCUT2D eigenvalue weighted by Crippen LogP contribution is 2.50. The van der Waals surface area contributed by atoms with Crippen LogP contribution < -0.4 is 10.1 Å². The first kappa shape index (κ1) is 18.1. The zero-order valence-electron chi connectivity index (χ0n) is 16.0. The number of fused-ring (bicyclic) bond motifs is 3. The molecule has 0 saturated carbocycles. The van der Waals surface area contributed by atoms with E-state index in [1.165, 1.54) is 18.5 Å². The first-order valence-corrected chi connectivity index (χ1v) is 10.1. The summed E-state index contributed by atoms with van der Waals surface area (Å²) in [6.07, 6.45) is 4.47. The first-order chi connectivity index (χ1) is 15.2. The topological polar surface area (TPSA) is 64.9 Å². The lowest BCUT2D eigenvalue weighted by Crippen LogP contribution is -2.32. The van der Waals surface area contributed by atoms with Crippen LogP contribution in [-0.4, -0.2) is 19.7 Å². The Morgan fingerprint density at radius 3 is 2.81 bits per heavy atom. The second kappa shape index (κ2) is 6.92. The minimum Gasteiger partial charge on any atom is -0.480 e. The van der Waals surface area contributed by atoms with E-state index in [1.807, 2.05) is 30.3 Å². The molecule has 0 bridgehead atoms. The molecule has 0 amide bonds. The maximum absolute atomic E-state index is 14.2. The number of hydrogen-bond acceptors (Lipinski definition) is 5. The fourth-order valence-electron chi connectivity index (χ4n) is 4.24. The van der Waals surface area contributed by atoms with Crippen LogP contribution in [0.25, 0.3) is 5.70 Å². The smallest absolute Gasteiger partial charge is 0.226 e. The summed E-state index contributed by atoms with van der Waals surface area (Å²) in [7, 11) is 0. The predicted molar refractivity (Wildman–Crippen MR) is 114 cm³/mol. The lowest BCUT2D eigenvalue weighted by atomic mass is 9.85. The van der Waals surface area contributed by atoms with Crippen molar-refractivity contribution in [3.8, 4) is 5.75 Å². The van der Waals surface area contributed by atoms with Gasteiger partial charge < -0.3 is 10.1 Å². The van der Waals surface area contributed by atoms with Crippen LogP contribution in [0.2, 0.25) is 5.02 Å². The number of pyridine rings is 1. The third-order valence-corrected chi connectivity index (χ3v) is 5.76. The van der Waals surface area contributed by atoms with E-state index in [2.05, 4.69) is 20.4 Å². The molecule has 0 radical (unpaired) electrons. The number of anilines is 1. The lowest BCUT2D eigenvalue weighted by molar-refractivity contribution is 0.222. The summed E-state index contributed by atoms with van der Waals surface area (Å²) in [4.78, 5) is 8.68. The number of aromatic nitrogens is 4. The van der Waals surface area contributed by atoms with Gasteiger partial charge in [-0.15, -0.1) is 0 Å². The molecule has 1 N–H and O–H groups in total. The van der Waals surface area contributed by atoms with Crippen molar-refractivity contribution in [2.75, 3.05) is 5.32 Å². The fourth-order valence-corrected chi connectivity index (χ4v) is 4.42. The second-order valence-corrected chi connectivity index (χ2v) is 7.80. The van der Waals surface area contributed by atoms with Gasteiger partial charge in [0.05, 0.1) is 5.70 Å². The van der Waals surface area contributed by atoms with E-state index in [0.717, 1.165) is 22.4 Å². The van der Waals surface area contributed by atoms with E-state index in [0.29, 0.717) is 22.3 Å². The molecule has 0 unspecified atom stereocenters. The molecule has 2 aromatic heterocycles. The summed E-state index contributed by atoms with van der Waals surface area (Å²) in [5.74, 6) is 0.925. The highest BCUT2D eigenvalue weighted by atomic mass is 35.5. The molecule has 0 fully saturated rings. The zero-order valence-corrected chi connectivity index (χ0v) is 16.8. The van der Waals surface area contributed by atoms with Crippen molar-refractivity contribution in [2.24, 2.45) is 0 Å². The Labute approximate surface area is 182 Å². The number of nitrogens with zero attached hydrogens (tertiary/aromatic N) is 4. The number of halogens is 2. The van der Waals surface area contributed by atoms with Crippen LogP contribution in [0.3, 0.4) is 0 Å². The van der Waals surface area contributed by atoms with Crippen molar-refractivity contribution >= 4 is 23.2 Å². The number of rotatable bonds is 2. The van der Waals surface area contributed by atoms with Gasteiger partial charge in [-0.25, -0.2) is 9.07 Å². The number of nitrogens with one attached hydrogen (secondary N) is 1.